The van der Waals surface area contributed by atoms with E-state index in [1.165, 1.54) is 0 Å². The molecule has 1 N–H and O–H groups in total. The van der Waals surface area contributed by atoms with Crippen molar-refractivity contribution in [2.75, 3.05) is 39.3 Å². The Morgan fingerprint density at radius 1 is 1.08 bits per heavy atom. The maximum atomic E-state index is 12.6. The number of hydrogen-bond acceptors (Lipinski definition) is 4. The molecule has 1 fully saturated rings. The Bertz CT molecular complexity index is 700. The lowest BCUT2D eigenvalue weighted by molar-refractivity contribution is -0.132. The highest BCUT2D eigenvalue weighted by Gasteiger charge is 2.22. The van der Waals surface area contributed by atoms with Crippen molar-refractivity contribution in [1.29, 1.82) is 0 Å². The Kier molecular flexibility index (Phi) is 6.59. The lowest BCUT2D eigenvalue weighted by Crippen LogP contribution is -2.49. The van der Waals surface area contributed by atoms with Crippen LogP contribution in [0.4, 0.5) is 0 Å². The van der Waals surface area contributed by atoms with Gasteiger partial charge < -0.3 is 9.80 Å². The Balaban J connectivity index is 1.92. The van der Waals surface area contributed by atoms with E-state index < -0.39 is 10.0 Å². The van der Waals surface area contributed by atoms with Gasteiger partial charge in [0, 0.05) is 39.1 Å². The fourth-order valence-corrected chi connectivity index (χ4v) is 4.91. The Hall–Kier alpha value is -1.44. The highest BCUT2D eigenvalue weighted by Crippen LogP contribution is 2.21. The zero-order valence-corrected chi connectivity index (χ0v) is 16.4. The van der Waals surface area contributed by atoms with Crippen molar-refractivity contribution in [1.82, 2.24) is 14.5 Å². The normalized spacial score (nSPS) is 16.2. The van der Waals surface area contributed by atoms with Gasteiger partial charge in [-0.2, -0.15) is 0 Å². The summed E-state index contributed by atoms with van der Waals surface area (Å²) < 4.78 is 27.7. The zero-order chi connectivity index (χ0) is 18.6. The number of amides is 1. The number of nitrogens with one attached hydrogen (secondary N) is 1. The second-order valence-electron chi connectivity index (χ2n) is 6.69. The molecule has 1 aromatic rings. The average Bonchev–Trinajstić information content (AvgIpc) is 2.53. The van der Waals surface area contributed by atoms with E-state index in [1.54, 1.807) is 13.8 Å². The summed E-state index contributed by atoms with van der Waals surface area (Å²) in [7, 11) is -3.61. The van der Waals surface area contributed by atoms with E-state index in [9.17, 15) is 13.2 Å². The molecule has 0 aliphatic carbocycles. The van der Waals surface area contributed by atoms with Crippen molar-refractivity contribution in [3.8, 4) is 0 Å². The summed E-state index contributed by atoms with van der Waals surface area (Å²) in [6, 6.07) is 3.72. The summed E-state index contributed by atoms with van der Waals surface area (Å²) >= 11 is 0. The summed E-state index contributed by atoms with van der Waals surface area (Å²) in [6.45, 7) is 12.0. The van der Waals surface area contributed by atoms with Crippen molar-refractivity contribution in [2.45, 2.75) is 39.0 Å². The number of nitrogens with zero attached hydrogens (tertiary/aromatic N) is 2. The monoisotopic (exact) mass is 367 g/mol. The first-order chi connectivity index (χ1) is 11.7. The molecular weight excluding hydrogens is 338 g/mol. The summed E-state index contributed by atoms with van der Waals surface area (Å²) in [5.41, 5.74) is 2.49. The molecule has 1 aliphatic rings. The van der Waals surface area contributed by atoms with Gasteiger partial charge in [-0.3, -0.25) is 4.79 Å². The predicted molar refractivity (Wildman–Crippen MR) is 99.2 cm³/mol. The molecule has 1 aromatic carbocycles. The molecular formula is C18H29N3O3S. The van der Waals surface area contributed by atoms with Crippen molar-refractivity contribution < 1.29 is 13.2 Å². The summed E-state index contributed by atoms with van der Waals surface area (Å²) in [5.74, 6) is 0.0100. The molecule has 1 aliphatic heterocycles. The molecule has 25 heavy (non-hydrogen) atoms. The minimum absolute atomic E-state index is 0.0100. The molecule has 140 valence electrons. The molecule has 1 amide bonds. The van der Waals surface area contributed by atoms with Crippen LogP contribution in [0.1, 0.15) is 30.0 Å². The fourth-order valence-electron chi connectivity index (χ4n) is 3.43. The van der Waals surface area contributed by atoms with Gasteiger partial charge in [-0.1, -0.05) is 24.6 Å². The predicted octanol–water partition coefficient (Wildman–Crippen LogP) is 1.44. The molecule has 0 aromatic heterocycles. The van der Waals surface area contributed by atoms with Crippen LogP contribution >= 0.6 is 0 Å². The maximum absolute atomic E-state index is 12.6. The Labute approximate surface area is 151 Å². The number of rotatable bonds is 6. The van der Waals surface area contributed by atoms with E-state index in [1.807, 2.05) is 24.0 Å². The molecule has 2 rings (SSSR count). The Morgan fingerprint density at radius 2 is 1.64 bits per heavy atom. The molecule has 0 bridgehead atoms. The highest BCUT2D eigenvalue weighted by molar-refractivity contribution is 7.89. The van der Waals surface area contributed by atoms with Crippen LogP contribution in [-0.4, -0.2) is 63.4 Å². The Morgan fingerprint density at radius 3 is 2.16 bits per heavy atom. The number of benzene rings is 1. The third kappa shape index (κ3) is 5.03. The van der Waals surface area contributed by atoms with Crippen LogP contribution in [0.15, 0.2) is 17.0 Å². The van der Waals surface area contributed by atoms with E-state index in [0.29, 0.717) is 4.90 Å². The first-order valence-corrected chi connectivity index (χ1v) is 10.3. The SMILES string of the molecule is CCN1CCN(C(=O)CCNS(=O)(=O)c2c(C)cc(C)cc2C)CC1. The van der Waals surface area contributed by atoms with Gasteiger partial charge in [0.1, 0.15) is 0 Å². The number of hydrogen-bond donors (Lipinski definition) is 1. The second-order valence-corrected chi connectivity index (χ2v) is 8.39. The molecule has 1 heterocycles. The van der Waals surface area contributed by atoms with Gasteiger partial charge in [0.2, 0.25) is 15.9 Å². The number of carbonyl (C=O) groups is 1. The van der Waals surface area contributed by atoms with Crippen molar-refractivity contribution in [3.63, 3.8) is 0 Å². The number of sulfonamides is 1. The van der Waals surface area contributed by atoms with Crippen LogP contribution in [0.25, 0.3) is 0 Å². The van der Waals surface area contributed by atoms with E-state index in [0.717, 1.165) is 49.4 Å². The van der Waals surface area contributed by atoms with Crippen LogP contribution in [0.2, 0.25) is 0 Å². The van der Waals surface area contributed by atoms with E-state index in [2.05, 4.69) is 16.5 Å². The maximum Gasteiger partial charge on any atom is 0.241 e. The van der Waals surface area contributed by atoms with Crippen LogP contribution in [0, 0.1) is 20.8 Å². The lowest BCUT2D eigenvalue weighted by Gasteiger charge is -2.34. The van der Waals surface area contributed by atoms with Crippen LogP contribution in [-0.2, 0) is 14.8 Å². The molecule has 7 heteroatoms. The third-order valence-electron chi connectivity index (χ3n) is 4.68. The summed E-state index contributed by atoms with van der Waals surface area (Å²) in [4.78, 5) is 16.7. The first kappa shape index (κ1) is 19.9. The average molecular weight is 368 g/mol. The molecule has 1 saturated heterocycles. The van der Waals surface area contributed by atoms with Gasteiger partial charge >= 0.3 is 0 Å². The number of aryl methyl sites for hydroxylation is 3. The van der Waals surface area contributed by atoms with Crippen molar-refractivity contribution in [2.24, 2.45) is 0 Å². The van der Waals surface area contributed by atoms with E-state index in [-0.39, 0.29) is 18.9 Å². The lowest BCUT2D eigenvalue weighted by atomic mass is 10.1. The number of piperazine rings is 1. The summed E-state index contributed by atoms with van der Waals surface area (Å²) in [6.07, 6.45) is 0.190. The zero-order valence-electron chi connectivity index (χ0n) is 15.6. The van der Waals surface area contributed by atoms with E-state index in [4.69, 9.17) is 0 Å². The van der Waals surface area contributed by atoms with Crippen LogP contribution in [0.3, 0.4) is 0 Å². The molecule has 0 unspecified atom stereocenters. The minimum Gasteiger partial charge on any atom is -0.340 e. The number of carbonyl (C=O) groups excluding carboxylic acids is 1. The first-order valence-electron chi connectivity index (χ1n) is 8.82. The van der Waals surface area contributed by atoms with Gasteiger partial charge in [0.15, 0.2) is 0 Å². The smallest absolute Gasteiger partial charge is 0.241 e. The topological polar surface area (TPSA) is 69.7 Å². The van der Waals surface area contributed by atoms with Gasteiger partial charge in [0.25, 0.3) is 0 Å². The second kappa shape index (κ2) is 8.29. The molecule has 0 radical (unpaired) electrons. The largest absolute Gasteiger partial charge is 0.340 e. The van der Waals surface area contributed by atoms with Gasteiger partial charge in [0.05, 0.1) is 4.90 Å². The molecule has 0 spiro atoms. The number of likely N-dealkylation sites (N-methyl/N-ethyl adjacent to an activating group) is 1. The van der Waals surface area contributed by atoms with Gasteiger partial charge in [-0.25, -0.2) is 13.1 Å². The summed E-state index contributed by atoms with van der Waals surface area (Å²) in [5, 5.41) is 0. The van der Waals surface area contributed by atoms with Crippen molar-refractivity contribution >= 4 is 15.9 Å². The molecule has 0 saturated carbocycles. The van der Waals surface area contributed by atoms with Gasteiger partial charge in [-0.05, 0) is 38.4 Å². The van der Waals surface area contributed by atoms with Crippen LogP contribution < -0.4 is 4.72 Å². The fraction of sp³-hybridized carbons (Fsp3) is 0.611. The minimum atomic E-state index is -3.61. The standard InChI is InChI=1S/C18H29N3O3S/c1-5-20-8-10-21(11-9-20)17(22)6-7-19-25(23,24)18-15(3)12-14(2)13-16(18)4/h12-13,19H,5-11H2,1-4H3. The van der Waals surface area contributed by atoms with Crippen LogP contribution in [0.5, 0.6) is 0 Å². The third-order valence-corrected chi connectivity index (χ3v) is 6.44. The highest BCUT2D eigenvalue weighted by atomic mass is 32.2. The van der Waals surface area contributed by atoms with E-state index >= 15 is 0 Å². The quantitative estimate of drug-likeness (QED) is 0.826. The molecule has 0 atom stereocenters. The molecule has 6 nitrogen and oxygen atoms in total. The van der Waals surface area contributed by atoms with Gasteiger partial charge in [-0.15, -0.1) is 0 Å². The van der Waals surface area contributed by atoms with Crippen molar-refractivity contribution in [3.05, 3.63) is 28.8 Å².